The SMILES string of the molecule is COC(=O)CC(CC(=O)OC)c1ccc(N)cc1. The van der Waals surface area contributed by atoms with Crippen LogP contribution in [0.15, 0.2) is 24.3 Å². The van der Waals surface area contributed by atoms with Gasteiger partial charge in [-0.15, -0.1) is 0 Å². The highest BCUT2D eigenvalue weighted by Crippen LogP contribution is 2.25. The Labute approximate surface area is 106 Å². The number of nitrogen functional groups attached to an aromatic ring is 1. The van der Waals surface area contributed by atoms with Gasteiger partial charge in [-0.05, 0) is 17.7 Å². The van der Waals surface area contributed by atoms with Gasteiger partial charge in [0.05, 0.1) is 27.1 Å². The second-order valence-corrected chi connectivity index (χ2v) is 3.92. The Morgan fingerprint density at radius 1 is 1.06 bits per heavy atom. The summed E-state index contributed by atoms with van der Waals surface area (Å²) < 4.78 is 9.25. The molecule has 0 atom stereocenters. The monoisotopic (exact) mass is 251 g/mol. The van der Waals surface area contributed by atoms with Gasteiger partial charge in [0, 0.05) is 11.6 Å². The minimum Gasteiger partial charge on any atom is -0.469 e. The number of hydrogen-bond acceptors (Lipinski definition) is 5. The standard InChI is InChI=1S/C13H17NO4/c1-17-12(15)7-10(8-13(16)18-2)9-3-5-11(14)6-4-9/h3-6,10H,7-8,14H2,1-2H3. The third kappa shape index (κ3) is 4.08. The minimum absolute atomic E-state index is 0.134. The highest BCUT2D eigenvalue weighted by molar-refractivity contribution is 5.74. The van der Waals surface area contributed by atoms with Crippen LogP contribution < -0.4 is 5.73 Å². The summed E-state index contributed by atoms with van der Waals surface area (Å²) in [5.41, 5.74) is 7.09. The third-order valence-corrected chi connectivity index (χ3v) is 2.69. The largest absolute Gasteiger partial charge is 0.469 e. The average Bonchev–Trinajstić information content (AvgIpc) is 2.38. The zero-order chi connectivity index (χ0) is 13.5. The van der Waals surface area contributed by atoms with Crippen molar-refractivity contribution in [3.63, 3.8) is 0 Å². The van der Waals surface area contributed by atoms with Crippen molar-refractivity contribution in [3.8, 4) is 0 Å². The predicted molar refractivity (Wildman–Crippen MR) is 66.9 cm³/mol. The number of benzene rings is 1. The van der Waals surface area contributed by atoms with E-state index in [2.05, 4.69) is 9.47 Å². The minimum atomic E-state index is -0.360. The van der Waals surface area contributed by atoms with Gasteiger partial charge in [-0.25, -0.2) is 0 Å². The Morgan fingerprint density at radius 2 is 1.50 bits per heavy atom. The lowest BCUT2D eigenvalue weighted by Gasteiger charge is -2.15. The van der Waals surface area contributed by atoms with Crippen molar-refractivity contribution in [2.45, 2.75) is 18.8 Å². The number of carbonyl (C=O) groups is 2. The summed E-state index contributed by atoms with van der Waals surface area (Å²) >= 11 is 0. The third-order valence-electron chi connectivity index (χ3n) is 2.69. The fraction of sp³-hybridized carbons (Fsp3) is 0.385. The normalized spacial score (nSPS) is 10.2. The van der Waals surface area contributed by atoms with Crippen molar-refractivity contribution >= 4 is 17.6 Å². The number of methoxy groups -OCH3 is 2. The Bertz CT molecular complexity index is 396. The maximum Gasteiger partial charge on any atom is 0.306 e. The molecule has 1 rings (SSSR count). The molecule has 5 nitrogen and oxygen atoms in total. The molecule has 0 saturated carbocycles. The zero-order valence-electron chi connectivity index (χ0n) is 10.5. The number of hydrogen-bond donors (Lipinski definition) is 1. The van der Waals surface area contributed by atoms with Crippen molar-refractivity contribution in [2.24, 2.45) is 0 Å². The molecule has 0 aliphatic rings. The second kappa shape index (κ2) is 6.64. The lowest BCUT2D eigenvalue weighted by molar-refractivity contribution is -0.143. The molecule has 2 N–H and O–H groups in total. The van der Waals surface area contributed by atoms with E-state index in [0.29, 0.717) is 5.69 Å². The maximum absolute atomic E-state index is 11.3. The molecule has 0 aliphatic carbocycles. The van der Waals surface area contributed by atoms with Gasteiger partial charge in [0.1, 0.15) is 0 Å². The molecular formula is C13H17NO4. The van der Waals surface area contributed by atoms with Crippen LogP contribution in [0.25, 0.3) is 0 Å². The first-order chi connectivity index (χ1) is 8.56. The molecule has 5 heteroatoms. The highest BCUT2D eigenvalue weighted by Gasteiger charge is 2.20. The summed E-state index contributed by atoms with van der Waals surface area (Å²) in [6.07, 6.45) is 0.269. The van der Waals surface area contributed by atoms with Crippen LogP contribution in [0.2, 0.25) is 0 Å². The van der Waals surface area contributed by atoms with Crippen LogP contribution in [-0.2, 0) is 19.1 Å². The van der Waals surface area contributed by atoms with Crippen LogP contribution in [0.5, 0.6) is 0 Å². The number of nitrogens with two attached hydrogens (primary N) is 1. The smallest absolute Gasteiger partial charge is 0.306 e. The van der Waals surface area contributed by atoms with E-state index in [-0.39, 0.29) is 30.7 Å². The van der Waals surface area contributed by atoms with E-state index in [4.69, 9.17) is 5.73 Å². The number of esters is 2. The molecule has 0 bridgehead atoms. The molecule has 0 aliphatic heterocycles. The first-order valence-corrected chi connectivity index (χ1v) is 5.56. The Hall–Kier alpha value is -2.04. The van der Waals surface area contributed by atoms with Crippen molar-refractivity contribution in [1.82, 2.24) is 0 Å². The fourth-order valence-corrected chi connectivity index (χ4v) is 1.65. The number of rotatable bonds is 5. The predicted octanol–water partition coefficient (Wildman–Crippen LogP) is 1.48. The molecule has 0 aromatic heterocycles. The van der Waals surface area contributed by atoms with E-state index >= 15 is 0 Å². The average molecular weight is 251 g/mol. The molecule has 98 valence electrons. The molecule has 1 aromatic rings. The van der Waals surface area contributed by atoms with Gasteiger partial charge in [-0.1, -0.05) is 12.1 Å². The molecule has 0 radical (unpaired) electrons. The van der Waals surface area contributed by atoms with Crippen LogP contribution >= 0.6 is 0 Å². The van der Waals surface area contributed by atoms with Crippen molar-refractivity contribution in [2.75, 3.05) is 20.0 Å². The Morgan fingerprint density at radius 3 is 1.89 bits per heavy atom. The molecule has 1 aromatic carbocycles. The summed E-state index contributed by atoms with van der Waals surface area (Å²) in [6.45, 7) is 0. The van der Waals surface area contributed by atoms with Gasteiger partial charge in [0.15, 0.2) is 0 Å². The Kier molecular flexibility index (Phi) is 5.17. The van der Waals surface area contributed by atoms with E-state index < -0.39 is 0 Å². The van der Waals surface area contributed by atoms with Gasteiger partial charge in [-0.2, -0.15) is 0 Å². The van der Waals surface area contributed by atoms with Crippen molar-refractivity contribution < 1.29 is 19.1 Å². The summed E-state index contributed by atoms with van der Waals surface area (Å²) in [6, 6.07) is 7.06. The van der Waals surface area contributed by atoms with Crippen molar-refractivity contribution in [3.05, 3.63) is 29.8 Å². The summed E-state index contributed by atoms with van der Waals surface area (Å²) in [5, 5.41) is 0. The maximum atomic E-state index is 11.3. The van der Waals surface area contributed by atoms with Crippen LogP contribution in [0, 0.1) is 0 Å². The van der Waals surface area contributed by atoms with Gasteiger partial charge in [0.25, 0.3) is 0 Å². The Balaban J connectivity index is 2.85. The molecular weight excluding hydrogens is 234 g/mol. The first kappa shape index (κ1) is 14.0. The summed E-state index contributed by atoms with van der Waals surface area (Å²) in [5.74, 6) is -0.980. The fourth-order valence-electron chi connectivity index (χ4n) is 1.65. The van der Waals surface area contributed by atoms with Gasteiger partial charge in [0.2, 0.25) is 0 Å². The molecule has 0 amide bonds. The van der Waals surface area contributed by atoms with E-state index in [1.165, 1.54) is 14.2 Å². The number of carbonyl (C=O) groups excluding carboxylic acids is 2. The first-order valence-electron chi connectivity index (χ1n) is 5.56. The summed E-state index contributed by atoms with van der Waals surface area (Å²) in [4.78, 5) is 22.7. The molecule has 0 unspecified atom stereocenters. The second-order valence-electron chi connectivity index (χ2n) is 3.92. The molecule has 0 spiro atoms. The lowest BCUT2D eigenvalue weighted by atomic mass is 9.92. The number of ether oxygens (including phenoxy) is 2. The highest BCUT2D eigenvalue weighted by atomic mass is 16.5. The topological polar surface area (TPSA) is 78.6 Å². The quantitative estimate of drug-likeness (QED) is 0.633. The van der Waals surface area contributed by atoms with E-state index in [1.807, 2.05) is 0 Å². The van der Waals surface area contributed by atoms with Crippen LogP contribution in [0.3, 0.4) is 0 Å². The molecule has 0 saturated heterocycles. The summed E-state index contributed by atoms with van der Waals surface area (Å²) in [7, 11) is 2.64. The van der Waals surface area contributed by atoms with Crippen LogP contribution in [0.1, 0.15) is 24.3 Å². The molecule has 18 heavy (non-hydrogen) atoms. The van der Waals surface area contributed by atoms with E-state index in [1.54, 1.807) is 24.3 Å². The lowest BCUT2D eigenvalue weighted by Crippen LogP contribution is -2.14. The van der Waals surface area contributed by atoms with Crippen LogP contribution in [-0.4, -0.2) is 26.2 Å². The number of anilines is 1. The van der Waals surface area contributed by atoms with Crippen LogP contribution in [0.4, 0.5) is 5.69 Å². The van der Waals surface area contributed by atoms with E-state index in [0.717, 1.165) is 5.56 Å². The zero-order valence-corrected chi connectivity index (χ0v) is 10.5. The molecule has 0 fully saturated rings. The molecule has 0 heterocycles. The van der Waals surface area contributed by atoms with E-state index in [9.17, 15) is 9.59 Å². The van der Waals surface area contributed by atoms with Crippen molar-refractivity contribution in [1.29, 1.82) is 0 Å². The van der Waals surface area contributed by atoms with Gasteiger partial charge in [-0.3, -0.25) is 9.59 Å². The van der Waals surface area contributed by atoms with Gasteiger partial charge < -0.3 is 15.2 Å². The van der Waals surface area contributed by atoms with Gasteiger partial charge >= 0.3 is 11.9 Å².